The molecule has 0 aliphatic heterocycles. The molecule has 4 nitrogen and oxygen atoms in total. The van der Waals surface area contributed by atoms with Gasteiger partial charge in [-0.05, 0) is 25.1 Å². The number of aromatic nitrogens is 2. The first-order chi connectivity index (χ1) is 7.08. The molecule has 1 aromatic carbocycles. The number of aliphatic carboxylic acids is 1. The van der Waals surface area contributed by atoms with Gasteiger partial charge < -0.3 is 5.11 Å². The molecule has 1 N–H and O–H groups in total. The first-order valence-electron chi connectivity index (χ1n) is 4.42. The third-order valence-electron chi connectivity index (χ3n) is 2.25. The molecule has 0 aliphatic carbocycles. The largest absolute Gasteiger partial charge is 0.480 e. The van der Waals surface area contributed by atoms with Gasteiger partial charge in [0.15, 0.2) is 0 Å². The molecule has 0 atom stereocenters. The molecule has 2 aromatic rings. The van der Waals surface area contributed by atoms with Crippen molar-refractivity contribution in [1.82, 2.24) is 9.78 Å². The topological polar surface area (TPSA) is 55.1 Å². The van der Waals surface area contributed by atoms with E-state index >= 15 is 0 Å². The number of benzene rings is 1. The maximum absolute atomic E-state index is 10.6. The Bertz CT molecular complexity index is 533. The number of aryl methyl sites for hydroxylation is 1. The van der Waals surface area contributed by atoms with E-state index in [2.05, 4.69) is 5.10 Å². The third kappa shape index (κ3) is 1.80. The lowest BCUT2D eigenvalue weighted by Gasteiger charge is -1.98. The second-order valence-electron chi connectivity index (χ2n) is 3.30. The van der Waals surface area contributed by atoms with Crippen molar-refractivity contribution in [3.05, 3.63) is 28.9 Å². The van der Waals surface area contributed by atoms with E-state index in [1.165, 1.54) is 4.68 Å². The minimum Gasteiger partial charge on any atom is -0.480 e. The molecule has 2 rings (SSSR count). The van der Waals surface area contributed by atoms with Crippen LogP contribution >= 0.6 is 11.6 Å². The molecule has 78 valence electrons. The van der Waals surface area contributed by atoms with Crippen LogP contribution in [0.25, 0.3) is 10.9 Å². The molecule has 0 aliphatic rings. The summed E-state index contributed by atoms with van der Waals surface area (Å²) in [6, 6.07) is 5.31. The Morgan fingerprint density at radius 2 is 2.33 bits per heavy atom. The van der Waals surface area contributed by atoms with Crippen LogP contribution in [0.15, 0.2) is 18.2 Å². The Balaban J connectivity index is 2.59. The minimum atomic E-state index is -0.906. The smallest absolute Gasteiger partial charge is 0.325 e. The van der Waals surface area contributed by atoms with Crippen LogP contribution in [0.4, 0.5) is 0 Å². The van der Waals surface area contributed by atoms with Gasteiger partial charge in [0.1, 0.15) is 6.54 Å². The van der Waals surface area contributed by atoms with Crippen molar-refractivity contribution in [3.8, 4) is 0 Å². The molecule has 15 heavy (non-hydrogen) atoms. The van der Waals surface area contributed by atoms with Gasteiger partial charge in [0.05, 0.1) is 5.52 Å². The van der Waals surface area contributed by atoms with Crippen molar-refractivity contribution in [2.75, 3.05) is 0 Å². The standard InChI is InChI=1S/C10H9ClN2O2/c1-6-8-4-7(11)2-3-9(8)12-13(6)5-10(14)15/h2-4H,5H2,1H3,(H,14,15). The summed E-state index contributed by atoms with van der Waals surface area (Å²) in [5, 5.41) is 14.4. The fourth-order valence-corrected chi connectivity index (χ4v) is 1.68. The molecule has 0 bridgehead atoms. The summed E-state index contributed by atoms with van der Waals surface area (Å²) >= 11 is 5.85. The number of halogens is 1. The lowest BCUT2D eigenvalue weighted by Crippen LogP contribution is -2.11. The van der Waals surface area contributed by atoms with Gasteiger partial charge in [0, 0.05) is 16.1 Å². The van der Waals surface area contributed by atoms with Gasteiger partial charge in [-0.1, -0.05) is 11.6 Å². The fourth-order valence-electron chi connectivity index (χ4n) is 1.51. The number of carboxylic acids is 1. The van der Waals surface area contributed by atoms with E-state index in [1.807, 2.05) is 6.92 Å². The summed E-state index contributed by atoms with van der Waals surface area (Å²) in [5.74, 6) is -0.906. The summed E-state index contributed by atoms with van der Waals surface area (Å²) in [7, 11) is 0. The SMILES string of the molecule is Cc1c2cc(Cl)ccc2nn1CC(=O)O. The Hall–Kier alpha value is -1.55. The van der Waals surface area contributed by atoms with Crippen molar-refractivity contribution in [2.24, 2.45) is 0 Å². The normalized spacial score (nSPS) is 10.8. The highest BCUT2D eigenvalue weighted by molar-refractivity contribution is 6.31. The summed E-state index contributed by atoms with van der Waals surface area (Å²) in [6.07, 6.45) is 0. The van der Waals surface area contributed by atoms with E-state index in [1.54, 1.807) is 18.2 Å². The molecule has 0 spiro atoms. The molecule has 1 aromatic heterocycles. The van der Waals surface area contributed by atoms with Gasteiger partial charge >= 0.3 is 5.97 Å². The Morgan fingerprint density at radius 3 is 3.00 bits per heavy atom. The van der Waals surface area contributed by atoms with Crippen LogP contribution in [0.3, 0.4) is 0 Å². The van der Waals surface area contributed by atoms with Gasteiger partial charge in [-0.3, -0.25) is 9.48 Å². The Morgan fingerprint density at radius 1 is 1.60 bits per heavy atom. The van der Waals surface area contributed by atoms with E-state index in [0.717, 1.165) is 16.6 Å². The van der Waals surface area contributed by atoms with Crippen LogP contribution < -0.4 is 0 Å². The second-order valence-corrected chi connectivity index (χ2v) is 3.73. The highest BCUT2D eigenvalue weighted by Crippen LogP contribution is 2.21. The van der Waals surface area contributed by atoms with Gasteiger partial charge in [0.25, 0.3) is 0 Å². The zero-order chi connectivity index (χ0) is 11.0. The first-order valence-corrected chi connectivity index (χ1v) is 4.80. The summed E-state index contributed by atoms with van der Waals surface area (Å²) in [5.41, 5.74) is 1.58. The van der Waals surface area contributed by atoms with E-state index < -0.39 is 5.97 Å². The van der Waals surface area contributed by atoms with Crippen LogP contribution in [-0.2, 0) is 11.3 Å². The molecule has 0 saturated heterocycles. The molecular formula is C10H9ClN2O2. The highest BCUT2D eigenvalue weighted by atomic mass is 35.5. The molecule has 0 fully saturated rings. The number of carboxylic acid groups (broad SMARTS) is 1. The van der Waals surface area contributed by atoms with Crippen molar-refractivity contribution in [3.63, 3.8) is 0 Å². The van der Waals surface area contributed by atoms with Crippen molar-refractivity contribution < 1.29 is 9.90 Å². The minimum absolute atomic E-state index is 0.127. The fraction of sp³-hybridized carbons (Fsp3) is 0.200. The Kier molecular flexibility index (Phi) is 2.36. The zero-order valence-electron chi connectivity index (χ0n) is 8.07. The number of nitrogens with zero attached hydrogens (tertiary/aromatic N) is 2. The predicted octanol–water partition coefficient (Wildman–Crippen LogP) is 2.08. The van der Waals surface area contributed by atoms with Crippen molar-refractivity contribution in [1.29, 1.82) is 0 Å². The summed E-state index contributed by atoms with van der Waals surface area (Å²) in [4.78, 5) is 10.6. The first kappa shape index (κ1) is 9.98. The van der Waals surface area contributed by atoms with Crippen LogP contribution in [0.5, 0.6) is 0 Å². The maximum Gasteiger partial charge on any atom is 0.325 e. The average molecular weight is 225 g/mol. The van der Waals surface area contributed by atoms with Gasteiger partial charge in [-0.2, -0.15) is 5.10 Å². The number of rotatable bonds is 2. The quantitative estimate of drug-likeness (QED) is 0.850. The van der Waals surface area contributed by atoms with Gasteiger partial charge in [0.2, 0.25) is 0 Å². The lowest BCUT2D eigenvalue weighted by molar-refractivity contribution is -0.137. The molecule has 0 unspecified atom stereocenters. The van der Waals surface area contributed by atoms with E-state index in [4.69, 9.17) is 16.7 Å². The number of fused-ring (bicyclic) bond motifs is 1. The Labute approximate surface area is 91.1 Å². The van der Waals surface area contributed by atoms with Crippen LogP contribution in [0.1, 0.15) is 5.69 Å². The second kappa shape index (κ2) is 3.55. The maximum atomic E-state index is 10.6. The highest BCUT2D eigenvalue weighted by Gasteiger charge is 2.09. The number of carbonyl (C=O) groups is 1. The molecule has 5 heteroatoms. The van der Waals surface area contributed by atoms with Gasteiger partial charge in [-0.15, -0.1) is 0 Å². The molecular weight excluding hydrogens is 216 g/mol. The van der Waals surface area contributed by atoms with E-state index in [-0.39, 0.29) is 6.54 Å². The molecule has 0 radical (unpaired) electrons. The molecule has 1 heterocycles. The monoisotopic (exact) mass is 224 g/mol. The van der Waals surface area contributed by atoms with Crippen molar-refractivity contribution >= 4 is 28.5 Å². The van der Waals surface area contributed by atoms with Crippen molar-refractivity contribution in [2.45, 2.75) is 13.5 Å². The average Bonchev–Trinajstić information content (AvgIpc) is 2.44. The predicted molar refractivity (Wildman–Crippen MR) is 57.1 cm³/mol. The van der Waals surface area contributed by atoms with E-state index in [0.29, 0.717) is 5.02 Å². The van der Waals surface area contributed by atoms with Crippen LogP contribution in [0, 0.1) is 6.92 Å². The molecule has 0 amide bonds. The lowest BCUT2D eigenvalue weighted by atomic mass is 10.2. The molecule has 0 saturated carbocycles. The summed E-state index contributed by atoms with van der Waals surface area (Å²) < 4.78 is 1.46. The van der Waals surface area contributed by atoms with Crippen LogP contribution in [-0.4, -0.2) is 20.9 Å². The number of hydrogen-bond donors (Lipinski definition) is 1. The zero-order valence-corrected chi connectivity index (χ0v) is 8.82. The third-order valence-corrected chi connectivity index (χ3v) is 2.48. The van der Waals surface area contributed by atoms with E-state index in [9.17, 15) is 4.79 Å². The summed E-state index contributed by atoms with van der Waals surface area (Å²) in [6.45, 7) is 1.70. The number of hydrogen-bond acceptors (Lipinski definition) is 2. The van der Waals surface area contributed by atoms with Crippen LogP contribution in [0.2, 0.25) is 5.02 Å². The van der Waals surface area contributed by atoms with Gasteiger partial charge in [-0.25, -0.2) is 0 Å².